The van der Waals surface area contributed by atoms with Gasteiger partial charge < -0.3 is 10.0 Å². The van der Waals surface area contributed by atoms with E-state index in [1.54, 1.807) is 11.0 Å². The lowest BCUT2D eigenvalue weighted by atomic mass is 10.1. The van der Waals surface area contributed by atoms with Gasteiger partial charge in [-0.05, 0) is 0 Å². The molecule has 0 saturated carbocycles. The summed E-state index contributed by atoms with van der Waals surface area (Å²) >= 11 is 0. The van der Waals surface area contributed by atoms with Crippen molar-refractivity contribution in [3.8, 4) is 0 Å². The van der Waals surface area contributed by atoms with Crippen molar-refractivity contribution in [3.63, 3.8) is 0 Å². The molecule has 1 heterocycles. The Morgan fingerprint density at radius 1 is 1.80 bits per heavy atom. The van der Waals surface area contributed by atoms with Crippen LogP contribution in [0.3, 0.4) is 0 Å². The van der Waals surface area contributed by atoms with Gasteiger partial charge in [-0.2, -0.15) is 0 Å². The van der Waals surface area contributed by atoms with Crippen LogP contribution in [0.25, 0.3) is 0 Å². The monoisotopic (exact) mass is 141 g/mol. The third-order valence-corrected chi connectivity index (χ3v) is 1.53. The highest BCUT2D eigenvalue weighted by Gasteiger charge is 2.27. The molecule has 1 saturated heterocycles. The highest BCUT2D eigenvalue weighted by molar-refractivity contribution is 5.78. The normalized spacial score (nSPS) is 18.3. The van der Waals surface area contributed by atoms with E-state index in [-0.39, 0.29) is 12.0 Å². The minimum atomic E-state index is -0.297. The Morgan fingerprint density at radius 3 is 2.80 bits per heavy atom. The molecule has 0 aromatic rings. The van der Waals surface area contributed by atoms with Crippen LogP contribution in [0.4, 0.5) is 0 Å². The predicted molar refractivity (Wildman–Crippen MR) is 37.4 cm³/mol. The van der Waals surface area contributed by atoms with Crippen molar-refractivity contribution >= 4 is 5.91 Å². The van der Waals surface area contributed by atoms with Gasteiger partial charge in [-0.3, -0.25) is 4.79 Å². The van der Waals surface area contributed by atoms with Gasteiger partial charge in [0, 0.05) is 19.5 Å². The number of hydrogen-bond acceptors (Lipinski definition) is 2. The van der Waals surface area contributed by atoms with Crippen molar-refractivity contribution in [1.29, 1.82) is 0 Å². The van der Waals surface area contributed by atoms with E-state index in [9.17, 15) is 4.79 Å². The summed E-state index contributed by atoms with van der Waals surface area (Å²) in [5.74, 6) is 0.0558. The van der Waals surface area contributed by atoms with Gasteiger partial charge in [-0.25, -0.2) is 0 Å². The number of nitrogens with zero attached hydrogens (tertiary/aromatic N) is 1. The van der Waals surface area contributed by atoms with Crippen LogP contribution in [0.2, 0.25) is 0 Å². The molecule has 3 nitrogen and oxygen atoms in total. The summed E-state index contributed by atoms with van der Waals surface area (Å²) in [5.41, 5.74) is 0. The highest BCUT2D eigenvalue weighted by Crippen LogP contribution is 2.08. The van der Waals surface area contributed by atoms with Gasteiger partial charge in [-0.15, -0.1) is 6.58 Å². The summed E-state index contributed by atoms with van der Waals surface area (Å²) in [6.07, 6.45) is 1.66. The molecule has 0 aromatic heterocycles. The number of likely N-dealkylation sites (tertiary alicyclic amines) is 1. The molecule has 1 amide bonds. The van der Waals surface area contributed by atoms with E-state index in [1.165, 1.54) is 0 Å². The number of amides is 1. The Hall–Kier alpha value is -0.830. The van der Waals surface area contributed by atoms with Crippen LogP contribution in [0, 0.1) is 0 Å². The van der Waals surface area contributed by atoms with Crippen LogP contribution in [0.5, 0.6) is 0 Å². The molecule has 0 aliphatic carbocycles. The maximum absolute atomic E-state index is 10.9. The third kappa shape index (κ3) is 1.36. The molecule has 10 heavy (non-hydrogen) atoms. The molecule has 56 valence electrons. The standard InChI is InChI=1S/C7H11NO2/c1-2-3-7(10)8-4-6(9)5-8/h2,6,9H,1,3-5H2. The molecule has 1 fully saturated rings. The van der Waals surface area contributed by atoms with E-state index in [0.717, 1.165) is 0 Å². The van der Waals surface area contributed by atoms with Crippen LogP contribution < -0.4 is 0 Å². The summed E-state index contributed by atoms with van der Waals surface area (Å²) in [4.78, 5) is 12.5. The number of β-amino-alcohol motifs (C(OH)–C–C–N with tert-alkyl or cyclic N) is 1. The Bertz CT molecular complexity index is 150. The summed E-state index contributed by atoms with van der Waals surface area (Å²) < 4.78 is 0. The van der Waals surface area contributed by atoms with E-state index in [4.69, 9.17) is 5.11 Å². The fraction of sp³-hybridized carbons (Fsp3) is 0.571. The van der Waals surface area contributed by atoms with E-state index in [1.807, 2.05) is 0 Å². The number of rotatable bonds is 2. The molecule has 0 bridgehead atoms. The molecule has 0 atom stereocenters. The maximum atomic E-state index is 10.9. The maximum Gasteiger partial charge on any atom is 0.226 e. The summed E-state index contributed by atoms with van der Waals surface area (Å²) in [6.45, 7) is 4.44. The molecule has 1 aliphatic rings. The van der Waals surface area contributed by atoms with Crippen molar-refractivity contribution in [2.24, 2.45) is 0 Å². The van der Waals surface area contributed by atoms with Gasteiger partial charge in [0.05, 0.1) is 6.10 Å². The van der Waals surface area contributed by atoms with E-state index in [2.05, 4.69) is 6.58 Å². The Morgan fingerprint density at radius 2 is 2.40 bits per heavy atom. The van der Waals surface area contributed by atoms with Crippen LogP contribution in [-0.4, -0.2) is 35.1 Å². The molecule has 0 radical (unpaired) electrons. The molecule has 3 heteroatoms. The Labute approximate surface area is 59.9 Å². The topological polar surface area (TPSA) is 40.5 Å². The SMILES string of the molecule is C=CCC(=O)N1CC(O)C1. The average Bonchev–Trinajstić information content (AvgIpc) is 1.82. The van der Waals surface area contributed by atoms with Crippen molar-refractivity contribution in [2.75, 3.05) is 13.1 Å². The van der Waals surface area contributed by atoms with Crippen molar-refractivity contribution in [1.82, 2.24) is 4.90 Å². The van der Waals surface area contributed by atoms with Crippen LogP contribution in [-0.2, 0) is 4.79 Å². The molecule has 0 spiro atoms. The number of hydrogen-bond donors (Lipinski definition) is 1. The Balaban J connectivity index is 2.24. The zero-order valence-corrected chi connectivity index (χ0v) is 5.79. The summed E-state index contributed by atoms with van der Waals surface area (Å²) in [6, 6.07) is 0. The molecule has 1 N–H and O–H groups in total. The number of carbonyl (C=O) groups is 1. The fourth-order valence-corrected chi connectivity index (χ4v) is 0.912. The lowest BCUT2D eigenvalue weighted by Crippen LogP contribution is -2.53. The first-order chi connectivity index (χ1) is 4.74. The first kappa shape index (κ1) is 7.28. The molecule has 0 aromatic carbocycles. The van der Waals surface area contributed by atoms with E-state index in [0.29, 0.717) is 19.5 Å². The second kappa shape index (κ2) is 2.84. The lowest BCUT2D eigenvalue weighted by Gasteiger charge is -2.35. The minimum Gasteiger partial charge on any atom is -0.389 e. The highest BCUT2D eigenvalue weighted by atomic mass is 16.3. The zero-order valence-electron chi connectivity index (χ0n) is 5.79. The van der Waals surface area contributed by atoms with Gasteiger partial charge in [0.2, 0.25) is 5.91 Å². The van der Waals surface area contributed by atoms with Gasteiger partial charge in [0.15, 0.2) is 0 Å². The van der Waals surface area contributed by atoms with E-state index < -0.39 is 0 Å². The molecule has 0 unspecified atom stereocenters. The quantitative estimate of drug-likeness (QED) is 0.539. The predicted octanol–water partition coefficient (Wildman–Crippen LogP) is -0.234. The first-order valence-corrected chi connectivity index (χ1v) is 3.30. The van der Waals surface area contributed by atoms with Gasteiger partial charge in [0.1, 0.15) is 0 Å². The van der Waals surface area contributed by atoms with Gasteiger partial charge >= 0.3 is 0 Å². The lowest BCUT2D eigenvalue weighted by molar-refractivity contribution is -0.140. The van der Waals surface area contributed by atoms with Crippen LogP contribution >= 0.6 is 0 Å². The van der Waals surface area contributed by atoms with Crippen molar-refractivity contribution in [3.05, 3.63) is 12.7 Å². The largest absolute Gasteiger partial charge is 0.389 e. The minimum absolute atomic E-state index is 0.0558. The molecule has 1 aliphatic heterocycles. The fourth-order valence-electron chi connectivity index (χ4n) is 0.912. The second-order valence-corrected chi connectivity index (χ2v) is 2.45. The first-order valence-electron chi connectivity index (χ1n) is 3.30. The Kier molecular flexibility index (Phi) is 2.06. The number of carbonyl (C=O) groups excluding carboxylic acids is 1. The van der Waals surface area contributed by atoms with Crippen LogP contribution in [0.1, 0.15) is 6.42 Å². The summed E-state index contributed by atoms with van der Waals surface area (Å²) in [5, 5.41) is 8.82. The molecular formula is C7H11NO2. The number of aliphatic hydroxyl groups is 1. The van der Waals surface area contributed by atoms with Gasteiger partial charge in [0.25, 0.3) is 0 Å². The second-order valence-electron chi connectivity index (χ2n) is 2.45. The van der Waals surface area contributed by atoms with Gasteiger partial charge in [-0.1, -0.05) is 6.08 Å². The third-order valence-electron chi connectivity index (χ3n) is 1.53. The number of aliphatic hydroxyl groups excluding tert-OH is 1. The van der Waals surface area contributed by atoms with Crippen LogP contribution in [0.15, 0.2) is 12.7 Å². The molecular weight excluding hydrogens is 130 g/mol. The van der Waals surface area contributed by atoms with Crippen molar-refractivity contribution < 1.29 is 9.90 Å². The smallest absolute Gasteiger partial charge is 0.226 e. The van der Waals surface area contributed by atoms with Crippen molar-refractivity contribution in [2.45, 2.75) is 12.5 Å². The zero-order chi connectivity index (χ0) is 7.56. The molecule has 1 rings (SSSR count). The summed E-state index contributed by atoms with van der Waals surface area (Å²) in [7, 11) is 0. The average molecular weight is 141 g/mol. The van der Waals surface area contributed by atoms with E-state index >= 15 is 0 Å².